The van der Waals surface area contributed by atoms with E-state index in [-0.39, 0.29) is 5.63 Å². The highest BCUT2D eigenvalue weighted by atomic mass is 16.4. The smallest absolute Gasteiger partial charge is 0.338 e. The van der Waals surface area contributed by atoms with Crippen LogP contribution in [0.4, 0.5) is 17.1 Å². The van der Waals surface area contributed by atoms with E-state index in [1.165, 1.54) is 6.07 Å². The van der Waals surface area contributed by atoms with E-state index in [1.807, 2.05) is 33.0 Å². The summed E-state index contributed by atoms with van der Waals surface area (Å²) >= 11 is 0. The Kier molecular flexibility index (Phi) is 3.94. The first kappa shape index (κ1) is 13.3. The predicted molar refractivity (Wildman–Crippen MR) is 80.4 cm³/mol. The predicted octanol–water partition coefficient (Wildman–Crippen LogP) is 2.70. The van der Waals surface area contributed by atoms with Gasteiger partial charge in [0.25, 0.3) is 0 Å². The molecule has 5 nitrogen and oxygen atoms in total. The van der Waals surface area contributed by atoms with E-state index in [2.05, 4.69) is 16.0 Å². The molecule has 3 N–H and O–H groups in total. The number of benzene rings is 1. The fourth-order valence-corrected chi connectivity index (χ4v) is 2.09. The largest absolute Gasteiger partial charge is 0.423 e. The molecule has 0 aliphatic rings. The Labute approximate surface area is 112 Å². The van der Waals surface area contributed by atoms with Gasteiger partial charge in [-0.05, 0) is 19.9 Å². The van der Waals surface area contributed by atoms with Crippen molar-refractivity contribution in [3.63, 3.8) is 0 Å². The van der Waals surface area contributed by atoms with Gasteiger partial charge in [-0.25, -0.2) is 4.79 Å². The SMILES string of the molecule is CCNc1cc2c(NCC)cc(=O)oc2cc1NC. The Bertz CT molecular complexity index is 634. The van der Waals surface area contributed by atoms with E-state index < -0.39 is 0 Å². The third kappa shape index (κ3) is 2.65. The second-order valence-corrected chi connectivity index (χ2v) is 4.18. The first-order valence-electron chi connectivity index (χ1n) is 6.47. The van der Waals surface area contributed by atoms with Gasteiger partial charge in [0.15, 0.2) is 0 Å². The summed E-state index contributed by atoms with van der Waals surface area (Å²) in [5, 5.41) is 10.5. The molecule has 0 saturated carbocycles. The second-order valence-electron chi connectivity index (χ2n) is 4.18. The quantitative estimate of drug-likeness (QED) is 0.722. The first-order chi connectivity index (χ1) is 9.19. The molecule has 0 aliphatic heterocycles. The number of rotatable bonds is 5. The monoisotopic (exact) mass is 261 g/mol. The number of fused-ring (bicyclic) bond motifs is 1. The maximum atomic E-state index is 11.5. The molecule has 0 atom stereocenters. The Morgan fingerprint density at radius 2 is 1.68 bits per heavy atom. The van der Waals surface area contributed by atoms with E-state index in [0.29, 0.717) is 5.58 Å². The molecule has 5 heteroatoms. The van der Waals surface area contributed by atoms with Crippen LogP contribution in [0.3, 0.4) is 0 Å². The summed E-state index contributed by atoms with van der Waals surface area (Å²) in [6.45, 7) is 5.62. The lowest BCUT2D eigenvalue weighted by molar-refractivity contribution is 0.561. The molecule has 102 valence electrons. The van der Waals surface area contributed by atoms with Gasteiger partial charge in [-0.2, -0.15) is 0 Å². The average Bonchev–Trinajstić information content (AvgIpc) is 2.39. The molecule has 2 aromatic rings. The van der Waals surface area contributed by atoms with Gasteiger partial charge in [0.05, 0.1) is 17.1 Å². The number of nitrogens with one attached hydrogen (secondary N) is 3. The van der Waals surface area contributed by atoms with Gasteiger partial charge in [0.1, 0.15) is 5.58 Å². The van der Waals surface area contributed by atoms with Crippen LogP contribution in [0.1, 0.15) is 13.8 Å². The molecule has 0 saturated heterocycles. The maximum Gasteiger partial charge on any atom is 0.338 e. The zero-order valence-electron chi connectivity index (χ0n) is 11.5. The molecule has 1 heterocycles. The summed E-state index contributed by atoms with van der Waals surface area (Å²) in [5.41, 5.74) is 2.93. The summed E-state index contributed by atoms with van der Waals surface area (Å²) < 4.78 is 5.26. The van der Waals surface area contributed by atoms with Crippen LogP contribution in [-0.2, 0) is 0 Å². The summed E-state index contributed by atoms with van der Waals surface area (Å²) in [4.78, 5) is 11.5. The van der Waals surface area contributed by atoms with Crippen LogP contribution < -0.4 is 21.6 Å². The van der Waals surface area contributed by atoms with Crippen molar-refractivity contribution < 1.29 is 4.42 Å². The van der Waals surface area contributed by atoms with Gasteiger partial charge in [-0.1, -0.05) is 0 Å². The van der Waals surface area contributed by atoms with Crippen LogP contribution in [0.15, 0.2) is 27.4 Å². The Morgan fingerprint density at radius 3 is 2.32 bits per heavy atom. The van der Waals surface area contributed by atoms with Gasteiger partial charge in [0, 0.05) is 37.7 Å². The van der Waals surface area contributed by atoms with Crippen LogP contribution >= 0.6 is 0 Å². The number of hydrogen-bond donors (Lipinski definition) is 3. The summed E-state index contributed by atoms with van der Waals surface area (Å²) in [6.07, 6.45) is 0. The molecule has 1 aromatic carbocycles. The fraction of sp³-hybridized carbons (Fsp3) is 0.357. The highest BCUT2D eigenvalue weighted by Crippen LogP contribution is 2.31. The highest BCUT2D eigenvalue weighted by Gasteiger charge is 2.09. The molecule has 2 rings (SSSR count). The minimum absolute atomic E-state index is 0.346. The second kappa shape index (κ2) is 5.65. The molecule has 0 aliphatic carbocycles. The Balaban J connectivity index is 2.69. The van der Waals surface area contributed by atoms with Crippen LogP contribution in [-0.4, -0.2) is 20.1 Å². The van der Waals surface area contributed by atoms with Crippen molar-refractivity contribution in [1.29, 1.82) is 0 Å². The van der Waals surface area contributed by atoms with Gasteiger partial charge < -0.3 is 20.4 Å². The van der Waals surface area contributed by atoms with Crippen LogP contribution in [0, 0.1) is 0 Å². The average molecular weight is 261 g/mol. The molecule has 19 heavy (non-hydrogen) atoms. The summed E-state index contributed by atoms with van der Waals surface area (Å²) in [6, 6.07) is 5.32. The van der Waals surface area contributed by atoms with Crippen LogP contribution in [0.2, 0.25) is 0 Å². The molecule has 1 aromatic heterocycles. The van der Waals surface area contributed by atoms with Crippen molar-refractivity contribution in [2.45, 2.75) is 13.8 Å². The molecule has 0 amide bonds. The van der Waals surface area contributed by atoms with Gasteiger partial charge in [-0.3, -0.25) is 0 Å². The lowest BCUT2D eigenvalue weighted by atomic mass is 10.1. The zero-order chi connectivity index (χ0) is 13.8. The molecule has 0 fully saturated rings. The molecule has 0 unspecified atom stereocenters. The van der Waals surface area contributed by atoms with E-state index in [1.54, 1.807) is 0 Å². The van der Waals surface area contributed by atoms with Crippen molar-refractivity contribution in [1.82, 2.24) is 0 Å². The van der Waals surface area contributed by atoms with Crippen molar-refractivity contribution >= 4 is 28.0 Å². The van der Waals surface area contributed by atoms with E-state index in [9.17, 15) is 4.79 Å². The minimum Gasteiger partial charge on any atom is -0.423 e. The van der Waals surface area contributed by atoms with Gasteiger partial charge in [-0.15, -0.1) is 0 Å². The minimum atomic E-state index is -0.346. The molecule has 0 spiro atoms. The molecule has 0 bridgehead atoms. The Hall–Kier alpha value is -2.17. The third-order valence-corrected chi connectivity index (χ3v) is 2.89. The lowest BCUT2D eigenvalue weighted by Crippen LogP contribution is -2.06. The standard InChI is InChI=1S/C14H19N3O2/c1-4-16-10-8-14(18)19-13-7-11(15-3)12(17-5-2)6-9(10)13/h6-8,15-17H,4-5H2,1-3H3. The normalized spacial score (nSPS) is 10.5. The topological polar surface area (TPSA) is 66.3 Å². The van der Waals surface area contributed by atoms with Crippen molar-refractivity contribution in [3.8, 4) is 0 Å². The van der Waals surface area contributed by atoms with Gasteiger partial charge in [0.2, 0.25) is 0 Å². The third-order valence-electron chi connectivity index (χ3n) is 2.89. The number of anilines is 3. The van der Waals surface area contributed by atoms with E-state index in [0.717, 1.165) is 35.5 Å². The van der Waals surface area contributed by atoms with Gasteiger partial charge >= 0.3 is 5.63 Å². The maximum absolute atomic E-state index is 11.5. The fourth-order valence-electron chi connectivity index (χ4n) is 2.09. The lowest BCUT2D eigenvalue weighted by Gasteiger charge is -2.13. The highest BCUT2D eigenvalue weighted by molar-refractivity contribution is 5.96. The molecular formula is C14H19N3O2. The van der Waals surface area contributed by atoms with Crippen molar-refractivity contribution in [3.05, 3.63) is 28.6 Å². The molecular weight excluding hydrogens is 242 g/mol. The summed E-state index contributed by atoms with van der Waals surface area (Å²) in [5.74, 6) is 0. The zero-order valence-corrected chi connectivity index (χ0v) is 11.5. The summed E-state index contributed by atoms with van der Waals surface area (Å²) in [7, 11) is 1.84. The van der Waals surface area contributed by atoms with Crippen LogP contribution in [0.25, 0.3) is 11.0 Å². The number of hydrogen-bond acceptors (Lipinski definition) is 5. The van der Waals surface area contributed by atoms with Crippen LogP contribution in [0.5, 0.6) is 0 Å². The van der Waals surface area contributed by atoms with Crippen molar-refractivity contribution in [2.75, 3.05) is 36.1 Å². The van der Waals surface area contributed by atoms with E-state index in [4.69, 9.17) is 4.42 Å². The van der Waals surface area contributed by atoms with E-state index >= 15 is 0 Å². The molecule has 0 radical (unpaired) electrons. The first-order valence-corrected chi connectivity index (χ1v) is 6.47. The Morgan fingerprint density at radius 1 is 1.00 bits per heavy atom. The van der Waals surface area contributed by atoms with Crippen molar-refractivity contribution in [2.24, 2.45) is 0 Å².